The molecule has 3 heterocycles. The van der Waals surface area contributed by atoms with Crippen LogP contribution in [0.5, 0.6) is 0 Å². The molecule has 0 spiro atoms. The Morgan fingerprint density at radius 3 is 2.77 bits per heavy atom. The maximum atomic E-state index is 12.6. The van der Waals surface area contributed by atoms with Crippen molar-refractivity contribution in [3.05, 3.63) is 47.0 Å². The Hall–Kier alpha value is -2.90. The summed E-state index contributed by atoms with van der Waals surface area (Å²) in [5, 5.41) is 11.3. The highest BCUT2D eigenvalue weighted by atomic mass is 16.2. The van der Waals surface area contributed by atoms with E-state index >= 15 is 0 Å². The van der Waals surface area contributed by atoms with E-state index in [-0.39, 0.29) is 11.9 Å². The van der Waals surface area contributed by atoms with E-state index in [0.29, 0.717) is 13.0 Å². The summed E-state index contributed by atoms with van der Waals surface area (Å²) < 4.78 is 1.99. The number of carbonyl (C=O) groups excluding carboxylic acids is 1. The number of aliphatic imine (C=N–C) groups is 1. The van der Waals surface area contributed by atoms with Crippen molar-refractivity contribution >= 4 is 11.9 Å². The molecule has 8 nitrogen and oxygen atoms in total. The Bertz CT molecular complexity index is 895. The lowest BCUT2D eigenvalue weighted by Gasteiger charge is -2.25. The fourth-order valence-electron chi connectivity index (χ4n) is 4.18. The van der Waals surface area contributed by atoms with Gasteiger partial charge in [0, 0.05) is 39.1 Å². The molecule has 0 saturated heterocycles. The van der Waals surface area contributed by atoms with Crippen LogP contribution in [0.25, 0.3) is 0 Å². The van der Waals surface area contributed by atoms with Crippen molar-refractivity contribution in [2.45, 2.75) is 65.2 Å². The van der Waals surface area contributed by atoms with Gasteiger partial charge >= 0.3 is 0 Å². The van der Waals surface area contributed by atoms with Crippen LogP contribution in [0.4, 0.5) is 0 Å². The van der Waals surface area contributed by atoms with E-state index in [4.69, 9.17) is 4.99 Å². The number of hydrogen-bond acceptors (Lipinski definition) is 4. The molecule has 8 heteroatoms. The highest BCUT2D eigenvalue weighted by molar-refractivity contribution is 5.80. The lowest BCUT2D eigenvalue weighted by molar-refractivity contribution is -0.131. The molecule has 1 atom stereocenters. The lowest BCUT2D eigenvalue weighted by Crippen LogP contribution is -2.41. The van der Waals surface area contributed by atoms with Crippen molar-refractivity contribution in [2.24, 2.45) is 4.99 Å². The van der Waals surface area contributed by atoms with Crippen LogP contribution in [0.15, 0.2) is 29.3 Å². The first-order valence-corrected chi connectivity index (χ1v) is 10.9. The molecule has 0 radical (unpaired) electrons. The second-order valence-electron chi connectivity index (χ2n) is 7.96. The zero-order valence-electron chi connectivity index (χ0n) is 17.9. The molecule has 2 aliphatic heterocycles. The summed E-state index contributed by atoms with van der Waals surface area (Å²) in [7, 11) is 0. The molecule has 0 bridgehead atoms. The summed E-state index contributed by atoms with van der Waals surface area (Å²) in [5.41, 5.74) is 2.52. The van der Waals surface area contributed by atoms with Crippen molar-refractivity contribution in [3.8, 4) is 0 Å². The van der Waals surface area contributed by atoms with Gasteiger partial charge in [0.05, 0.1) is 6.04 Å². The quantitative estimate of drug-likeness (QED) is 0.434. The molecular formula is C22H31N7O. The first-order chi connectivity index (χ1) is 14.6. The molecule has 0 fully saturated rings. The molecule has 1 unspecified atom stereocenters. The van der Waals surface area contributed by atoms with Crippen LogP contribution >= 0.6 is 0 Å². The minimum atomic E-state index is 0.113. The number of nitrogens with one attached hydrogen (secondary N) is 2. The second-order valence-corrected chi connectivity index (χ2v) is 7.96. The number of rotatable bonds is 6. The van der Waals surface area contributed by atoms with Gasteiger partial charge in [-0.1, -0.05) is 24.3 Å². The van der Waals surface area contributed by atoms with Crippen molar-refractivity contribution in [1.29, 1.82) is 0 Å². The first-order valence-electron chi connectivity index (χ1n) is 10.9. The van der Waals surface area contributed by atoms with E-state index in [2.05, 4.69) is 39.8 Å². The smallest absolute Gasteiger partial charge is 0.223 e. The van der Waals surface area contributed by atoms with Gasteiger partial charge in [0.25, 0.3) is 0 Å². The van der Waals surface area contributed by atoms with Crippen molar-refractivity contribution < 1.29 is 4.79 Å². The molecule has 160 valence electrons. The lowest BCUT2D eigenvalue weighted by atomic mass is 10.1. The monoisotopic (exact) mass is 409 g/mol. The van der Waals surface area contributed by atoms with E-state index in [1.165, 1.54) is 11.1 Å². The largest absolute Gasteiger partial charge is 0.357 e. The third kappa shape index (κ3) is 4.63. The molecule has 1 aromatic carbocycles. The first kappa shape index (κ1) is 20.4. The minimum absolute atomic E-state index is 0.113. The molecule has 2 aliphatic rings. The Kier molecular flexibility index (Phi) is 6.30. The van der Waals surface area contributed by atoms with Crippen molar-refractivity contribution in [1.82, 2.24) is 30.3 Å². The van der Waals surface area contributed by atoms with Crippen LogP contribution in [0.2, 0.25) is 0 Å². The summed E-state index contributed by atoms with van der Waals surface area (Å²) in [4.78, 5) is 23.8. The number of aromatic nitrogens is 3. The SMILES string of the molecule is CCNC(=NCCCC(=O)N1Cc2ccccc2C1)NC1CCCn2nc(C)nc21. The Labute approximate surface area is 177 Å². The number of benzene rings is 1. The van der Waals surface area contributed by atoms with E-state index in [9.17, 15) is 4.79 Å². The highest BCUT2D eigenvalue weighted by Gasteiger charge is 2.25. The normalized spacial score (nSPS) is 18.1. The van der Waals surface area contributed by atoms with Crippen LogP contribution in [0, 0.1) is 6.92 Å². The number of aryl methyl sites for hydroxylation is 2. The topological polar surface area (TPSA) is 87.4 Å². The number of amides is 1. The van der Waals surface area contributed by atoms with Crippen LogP contribution in [0.3, 0.4) is 0 Å². The summed E-state index contributed by atoms with van der Waals surface area (Å²) in [6.45, 7) is 7.76. The number of carbonyl (C=O) groups is 1. The zero-order valence-corrected chi connectivity index (χ0v) is 17.9. The summed E-state index contributed by atoms with van der Waals surface area (Å²) in [6.07, 6.45) is 3.34. The van der Waals surface area contributed by atoms with Crippen LogP contribution < -0.4 is 10.6 Å². The summed E-state index contributed by atoms with van der Waals surface area (Å²) >= 11 is 0. The predicted molar refractivity (Wildman–Crippen MR) is 116 cm³/mol. The molecule has 0 aliphatic carbocycles. The second kappa shape index (κ2) is 9.28. The van der Waals surface area contributed by atoms with E-state index < -0.39 is 0 Å². The zero-order chi connectivity index (χ0) is 20.9. The minimum Gasteiger partial charge on any atom is -0.357 e. The van der Waals surface area contributed by atoms with E-state index in [0.717, 1.165) is 63.0 Å². The number of hydrogen-bond donors (Lipinski definition) is 2. The Balaban J connectivity index is 1.28. The van der Waals surface area contributed by atoms with Crippen LogP contribution in [-0.4, -0.2) is 44.6 Å². The predicted octanol–water partition coefficient (Wildman–Crippen LogP) is 2.30. The fraction of sp³-hybridized carbons (Fsp3) is 0.545. The van der Waals surface area contributed by atoms with Gasteiger partial charge in [-0.25, -0.2) is 9.67 Å². The van der Waals surface area contributed by atoms with Gasteiger partial charge in [0.1, 0.15) is 11.6 Å². The summed E-state index contributed by atoms with van der Waals surface area (Å²) in [6, 6.07) is 8.39. The average Bonchev–Trinajstić information content (AvgIpc) is 3.34. The van der Waals surface area contributed by atoms with Gasteiger partial charge in [-0.05, 0) is 44.2 Å². The van der Waals surface area contributed by atoms with Gasteiger partial charge in [-0.2, -0.15) is 5.10 Å². The summed E-state index contributed by atoms with van der Waals surface area (Å²) in [5.74, 6) is 2.77. The Morgan fingerprint density at radius 1 is 1.27 bits per heavy atom. The van der Waals surface area contributed by atoms with Gasteiger partial charge in [0.15, 0.2) is 5.96 Å². The van der Waals surface area contributed by atoms with E-state index in [1.54, 1.807) is 0 Å². The van der Waals surface area contributed by atoms with Crippen molar-refractivity contribution in [2.75, 3.05) is 13.1 Å². The Morgan fingerprint density at radius 2 is 2.03 bits per heavy atom. The van der Waals surface area contributed by atoms with Gasteiger partial charge in [0.2, 0.25) is 5.91 Å². The molecule has 1 aromatic heterocycles. The number of fused-ring (bicyclic) bond motifs is 2. The van der Waals surface area contributed by atoms with Crippen LogP contribution in [0.1, 0.15) is 61.4 Å². The number of nitrogens with zero attached hydrogens (tertiary/aromatic N) is 5. The maximum Gasteiger partial charge on any atom is 0.223 e. The van der Waals surface area contributed by atoms with Crippen molar-refractivity contribution in [3.63, 3.8) is 0 Å². The van der Waals surface area contributed by atoms with Gasteiger partial charge in [-0.3, -0.25) is 9.79 Å². The third-order valence-corrected chi connectivity index (χ3v) is 5.65. The molecular weight excluding hydrogens is 378 g/mol. The maximum absolute atomic E-state index is 12.6. The molecule has 2 aromatic rings. The molecule has 1 amide bonds. The number of guanidine groups is 1. The van der Waals surface area contributed by atoms with E-state index in [1.807, 2.05) is 28.6 Å². The standard InChI is InChI=1S/C22H31N7O/c1-3-23-22(26-19-10-7-13-29-21(19)25-16(2)27-29)24-12-6-11-20(30)28-14-17-8-4-5-9-18(17)15-28/h4-5,8-9,19H,3,6-7,10-15H2,1-2H3,(H2,23,24,26). The molecule has 4 rings (SSSR count). The fourth-order valence-corrected chi connectivity index (χ4v) is 4.18. The highest BCUT2D eigenvalue weighted by Crippen LogP contribution is 2.24. The molecule has 0 saturated carbocycles. The molecule has 30 heavy (non-hydrogen) atoms. The van der Waals surface area contributed by atoms with Gasteiger partial charge < -0.3 is 15.5 Å². The molecule has 2 N–H and O–H groups in total. The van der Waals surface area contributed by atoms with Crippen LogP contribution in [-0.2, 0) is 24.4 Å². The third-order valence-electron chi connectivity index (χ3n) is 5.65. The average molecular weight is 410 g/mol. The van der Waals surface area contributed by atoms with Gasteiger partial charge in [-0.15, -0.1) is 0 Å².